The van der Waals surface area contributed by atoms with Gasteiger partial charge in [0.05, 0.1) is 5.02 Å². The molecular weight excluding hydrogens is 494 g/mol. The van der Waals surface area contributed by atoms with Crippen LogP contribution < -0.4 is 10.8 Å². The average Bonchev–Trinajstić information content (AvgIpc) is 3.64. The molecule has 1 saturated heterocycles. The number of carbonyl (C=O) groups is 1. The topological polar surface area (TPSA) is 116 Å². The van der Waals surface area contributed by atoms with Gasteiger partial charge in [0.2, 0.25) is 0 Å². The fourth-order valence-electron chi connectivity index (χ4n) is 6.09. The number of nitrogens with one attached hydrogen (secondary N) is 2. The number of hydroxylamine groups is 1. The number of halogens is 1. The van der Waals surface area contributed by atoms with Crippen molar-refractivity contribution in [3.63, 3.8) is 0 Å². The minimum absolute atomic E-state index is 0.355. The van der Waals surface area contributed by atoms with Crippen LogP contribution in [0.2, 0.25) is 5.02 Å². The molecule has 3 aromatic rings. The summed E-state index contributed by atoms with van der Waals surface area (Å²) >= 11 is 6.36. The van der Waals surface area contributed by atoms with Gasteiger partial charge in [-0.1, -0.05) is 31.4 Å². The molecule has 2 N–H and O–H groups in total. The predicted molar refractivity (Wildman–Crippen MR) is 137 cm³/mol. The van der Waals surface area contributed by atoms with Crippen molar-refractivity contribution in [3.05, 3.63) is 35.1 Å². The number of hydrogen-bond acceptors (Lipinski definition) is 8. The number of ether oxygens (including phenoxy) is 1. The minimum atomic E-state index is -0.695. The Kier molecular flexibility index (Phi) is 6.50. The van der Waals surface area contributed by atoms with Gasteiger partial charge in [0, 0.05) is 31.6 Å². The highest BCUT2D eigenvalue weighted by molar-refractivity contribution is 6.30. The van der Waals surface area contributed by atoms with Gasteiger partial charge in [0.25, 0.3) is 0 Å². The summed E-state index contributed by atoms with van der Waals surface area (Å²) in [6.07, 6.45) is 10.9. The summed E-state index contributed by atoms with van der Waals surface area (Å²) in [7, 11) is 1.78. The lowest BCUT2D eigenvalue weighted by atomic mass is 9.83. The van der Waals surface area contributed by atoms with E-state index in [4.69, 9.17) is 36.1 Å². The van der Waals surface area contributed by atoms with Crippen LogP contribution >= 0.6 is 11.6 Å². The largest absolute Gasteiger partial charge is 0.427 e. The van der Waals surface area contributed by atoms with Gasteiger partial charge in [-0.05, 0) is 56.4 Å². The van der Waals surface area contributed by atoms with Gasteiger partial charge in [-0.15, -0.1) is 5.48 Å². The summed E-state index contributed by atoms with van der Waals surface area (Å²) in [4.78, 5) is 35.8. The number of fused-ring (bicyclic) bond motifs is 1. The molecule has 3 fully saturated rings. The molecule has 10 nitrogen and oxygen atoms in total. The second kappa shape index (κ2) is 9.81. The number of methoxy groups -OCH3 is 1. The SMILES string of the molecule is COC1(c2nc3nc(C4NOC(=O)N4)nc(-c4cncc(Cl)c4)c3n2CC2CCC(C)CC2)CCCC1. The van der Waals surface area contributed by atoms with E-state index in [1.165, 1.54) is 25.7 Å². The van der Waals surface area contributed by atoms with Gasteiger partial charge < -0.3 is 14.1 Å². The molecule has 2 aliphatic carbocycles. The van der Waals surface area contributed by atoms with E-state index in [0.717, 1.165) is 55.1 Å². The maximum absolute atomic E-state index is 11.7. The van der Waals surface area contributed by atoms with Gasteiger partial charge in [-0.2, -0.15) is 0 Å². The number of pyridine rings is 1. The molecule has 0 aromatic carbocycles. The first-order valence-electron chi connectivity index (χ1n) is 13.1. The highest BCUT2D eigenvalue weighted by Gasteiger charge is 2.42. The van der Waals surface area contributed by atoms with Crippen molar-refractivity contribution >= 4 is 28.9 Å². The van der Waals surface area contributed by atoms with E-state index in [-0.39, 0.29) is 0 Å². The molecule has 196 valence electrons. The Morgan fingerprint density at radius 1 is 1.16 bits per heavy atom. The third-order valence-corrected chi connectivity index (χ3v) is 8.38. The Morgan fingerprint density at radius 3 is 2.62 bits per heavy atom. The number of carbonyl (C=O) groups excluding carboxylic acids is 1. The van der Waals surface area contributed by atoms with Crippen LogP contribution in [-0.4, -0.2) is 37.7 Å². The third kappa shape index (κ3) is 4.55. The molecule has 4 heterocycles. The fourth-order valence-corrected chi connectivity index (χ4v) is 6.27. The second-order valence-corrected chi connectivity index (χ2v) is 11.1. The third-order valence-electron chi connectivity index (χ3n) is 8.17. The molecule has 0 spiro atoms. The zero-order valence-electron chi connectivity index (χ0n) is 21.2. The van der Waals surface area contributed by atoms with E-state index in [9.17, 15) is 4.79 Å². The highest BCUT2D eigenvalue weighted by atomic mass is 35.5. The summed E-state index contributed by atoms with van der Waals surface area (Å²) in [5.41, 5.74) is 5.03. The van der Waals surface area contributed by atoms with E-state index in [1.54, 1.807) is 19.5 Å². The van der Waals surface area contributed by atoms with E-state index in [0.29, 0.717) is 28.1 Å². The van der Waals surface area contributed by atoms with Gasteiger partial charge in [-0.25, -0.2) is 19.7 Å². The van der Waals surface area contributed by atoms with Crippen molar-refractivity contribution < 1.29 is 14.4 Å². The summed E-state index contributed by atoms with van der Waals surface area (Å²) in [6, 6.07) is 1.85. The lowest BCUT2D eigenvalue weighted by Crippen LogP contribution is -2.30. The van der Waals surface area contributed by atoms with Gasteiger partial charge in [0.1, 0.15) is 22.6 Å². The van der Waals surface area contributed by atoms with Gasteiger partial charge >= 0.3 is 6.09 Å². The Hall–Kier alpha value is -2.82. The molecule has 37 heavy (non-hydrogen) atoms. The second-order valence-electron chi connectivity index (χ2n) is 10.7. The standard InChI is InChI=1S/C26H32ClN7O3/c1-15-5-7-16(8-6-15)14-34-20-19(17-11-18(27)13-28-12-17)29-22(23-32-25(35)37-33-23)30-21(20)31-24(34)26(36-2)9-3-4-10-26/h11-13,15-16,23,33H,3-10,14H2,1-2H3,(H,32,35). The molecule has 1 aliphatic heterocycles. The molecular formula is C26H32ClN7O3. The molecule has 6 rings (SSSR count). The fraction of sp³-hybridized carbons (Fsp3) is 0.577. The lowest BCUT2D eigenvalue weighted by Gasteiger charge is -2.31. The lowest BCUT2D eigenvalue weighted by molar-refractivity contribution is -0.0193. The first kappa shape index (κ1) is 24.5. The first-order chi connectivity index (χ1) is 18.0. The van der Waals surface area contributed by atoms with Crippen molar-refractivity contribution in [1.82, 2.24) is 35.3 Å². The molecule has 0 bridgehead atoms. The number of hydrogen-bond donors (Lipinski definition) is 2. The molecule has 1 unspecified atom stereocenters. The van der Waals surface area contributed by atoms with Crippen LogP contribution in [0.3, 0.4) is 0 Å². The molecule has 1 atom stereocenters. The summed E-state index contributed by atoms with van der Waals surface area (Å²) < 4.78 is 8.52. The van der Waals surface area contributed by atoms with E-state index < -0.39 is 17.9 Å². The zero-order valence-corrected chi connectivity index (χ0v) is 21.9. The Morgan fingerprint density at radius 2 is 1.95 bits per heavy atom. The van der Waals surface area contributed by atoms with E-state index in [1.807, 2.05) is 6.07 Å². The van der Waals surface area contributed by atoms with Crippen molar-refractivity contribution in [2.45, 2.75) is 76.6 Å². The summed E-state index contributed by atoms with van der Waals surface area (Å²) in [5, 5.41) is 3.20. The Bertz CT molecular complexity index is 1310. The van der Waals surface area contributed by atoms with Crippen molar-refractivity contribution in [2.24, 2.45) is 11.8 Å². The maximum atomic E-state index is 11.7. The first-order valence-corrected chi connectivity index (χ1v) is 13.5. The van der Waals surface area contributed by atoms with Crippen LogP contribution in [0.15, 0.2) is 18.5 Å². The number of amides is 1. The van der Waals surface area contributed by atoms with E-state index in [2.05, 4.69) is 27.3 Å². The number of imidazole rings is 1. The molecule has 11 heteroatoms. The van der Waals surface area contributed by atoms with Crippen LogP contribution in [0.1, 0.15) is 76.1 Å². The number of rotatable bonds is 6. The summed E-state index contributed by atoms with van der Waals surface area (Å²) in [5.74, 6) is 2.57. The van der Waals surface area contributed by atoms with Gasteiger partial charge in [-0.3, -0.25) is 10.3 Å². The number of nitrogens with zero attached hydrogens (tertiary/aromatic N) is 5. The molecule has 0 radical (unpaired) electrons. The smallest absolute Gasteiger partial charge is 0.370 e. The van der Waals surface area contributed by atoms with Crippen LogP contribution in [0.4, 0.5) is 4.79 Å². The predicted octanol–water partition coefficient (Wildman–Crippen LogP) is 5.03. The normalized spacial score (nSPS) is 25.4. The van der Waals surface area contributed by atoms with Gasteiger partial charge in [0.15, 0.2) is 17.6 Å². The van der Waals surface area contributed by atoms with Crippen molar-refractivity contribution in [1.29, 1.82) is 0 Å². The van der Waals surface area contributed by atoms with E-state index >= 15 is 0 Å². The van der Waals surface area contributed by atoms with Crippen LogP contribution in [-0.2, 0) is 21.7 Å². The van der Waals surface area contributed by atoms with Crippen LogP contribution in [0.25, 0.3) is 22.4 Å². The summed E-state index contributed by atoms with van der Waals surface area (Å²) in [6.45, 7) is 3.17. The molecule has 3 aromatic heterocycles. The van der Waals surface area contributed by atoms with Crippen molar-refractivity contribution in [2.75, 3.05) is 7.11 Å². The average molecular weight is 526 g/mol. The Labute approximate surface area is 220 Å². The zero-order chi connectivity index (χ0) is 25.6. The maximum Gasteiger partial charge on any atom is 0.427 e. The molecule has 2 saturated carbocycles. The van der Waals surface area contributed by atoms with Crippen LogP contribution in [0.5, 0.6) is 0 Å². The monoisotopic (exact) mass is 525 g/mol. The Balaban J connectivity index is 1.57. The quantitative estimate of drug-likeness (QED) is 0.460. The minimum Gasteiger partial charge on any atom is -0.370 e. The van der Waals surface area contributed by atoms with Crippen LogP contribution in [0, 0.1) is 11.8 Å². The van der Waals surface area contributed by atoms with Crippen molar-refractivity contribution in [3.8, 4) is 11.3 Å². The number of aromatic nitrogens is 5. The molecule has 1 amide bonds. The molecule has 3 aliphatic rings. The highest BCUT2D eigenvalue weighted by Crippen LogP contribution is 2.44.